The first-order valence-electron chi connectivity index (χ1n) is 7.51. The predicted octanol–water partition coefficient (Wildman–Crippen LogP) is 2.18. The molecule has 0 saturated heterocycles. The van der Waals surface area contributed by atoms with Crippen LogP contribution in [-0.2, 0) is 0 Å². The van der Waals surface area contributed by atoms with Crippen LogP contribution in [0, 0.1) is 0 Å². The molecule has 0 aliphatic rings. The summed E-state index contributed by atoms with van der Waals surface area (Å²) < 4.78 is 16.1. The number of hydrogen-bond donors (Lipinski definition) is 2. The van der Waals surface area contributed by atoms with Crippen molar-refractivity contribution in [2.24, 2.45) is 10.7 Å². The molecule has 1 rings (SSSR count). The third kappa shape index (κ3) is 6.56. The number of nitrogens with zero attached hydrogens (tertiary/aromatic N) is 1. The molecule has 1 unspecified atom stereocenters. The van der Waals surface area contributed by atoms with Gasteiger partial charge in [0.25, 0.3) is 0 Å². The Hall–Kier alpha value is -2.11. The van der Waals surface area contributed by atoms with Crippen LogP contribution in [0.1, 0.15) is 26.7 Å². The molecule has 1 atom stereocenters. The molecule has 0 aromatic heterocycles. The highest BCUT2D eigenvalue weighted by Crippen LogP contribution is 2.27. The molecule has 124 valence electrons. The van der Waals surface area contributed by atoms with Crippen molar-refractivity contribution in [2.45, 2.75) is 32.7 Å². The number of rotatable bonds is 9. The van der Waals surface area contributed by atoms with E-state index in [-0.39, 0.29) is 0 Å². The fraction of sp³-hybridized carbons (Fsp3) is 0.562. The van der Waals surface area contributed by atoms with E-state index in [4.69, 9.17) is 19.9 Å². The fourth-order valence-electron chi connectivity index (χ4n) is 1.72. The number of nitrogens with one attached hydrogen (secondary N) is 1. The van der Waals surface area contributed by atoms with Crippen molar-refractivity contribution < 1.29 is 14.2 Å². The lowest BCUT2D eigenvalue weighted by atomic mass is 10.3. The molecule has 22 heavy (non-hydrogen) atoms. The molecular formula is C16H27N3O3. The van der Waals surface area contributed by atoms with E-state index in [2.05, 4.69) is 24.2 Å². The maximum Gasteiger partial charge on any atom is 0.188 e. The number of methoxy groups -OCH3 is 2. The zero-order chi connectivity index (χ0) is 16.4. The summed E-state index contributed by atoms with van der Waals surface area (Å²) in [5, 5.41) is 3.12. The summed E-state index contributed by atoms with van der Waals surface area (Å²) in [7, 11) is 3.22. The molecule has 6 heteroatoms. The third-order valence-corrected chi connectivity index (χ3v) is 3.18. The minimum Gasteiger partial charge on any atom is -0.496 e. The Morgan fingerprint density at radius 2 is 1.77 bits per heavy atom. The van der Waals surface area contributed by atoms with Gasteiger partial charge in [-0.1, -0.05) is 6.92 Å². The van der Waals surface area contributed by atoms with Crippen molar-refractivity contribution >= 4 is 5.96 Å². The number of aliphatic imine (C=N–C) groups is 1. The summed E-state index contributed by atoms with van der Waals surface area (Å²) in [6, 6.07) is 5.79. The molecule has 0 aliphatic heterocycles. The molecule has 3 N–H and O–H groups in total. The monoisotopic (exact) mass is 309 g/mol. The SMILES string of the molecule is CCC(C)NC(N)=NCCCOc1cc(OC)cc(OC)c1. The Morgan fingerprint density at radius 3 is 2.32 bits per heavy atom. The fourth-order valence-corrected chi connectivity index (χ4v) is 1.72. The van der Waals surface area contributed by atoms with E-state index in [9.17, 15) is 0 Å². The van der Waals surface area contributed by atoms with Crippen LogP contribution >= 0.6 is 0 Å². The Morgan fingerprint density at radius 1 is 1.18 bits per heavy atom. The average Bonchev–Trinajstić information content (AvgIpc) is 2.53. The van der Waals surface area contributed by atoms with Gasteiger partial charge in [-0.15, -0.1) is 0 Å². The number of guanidine groups is 1. The van der Waals surface area contributed by atoms with E-state index in [1.165, 1.54) is 0 Å². The molecule has 1 aromatic carbocycles. The second kappa shape index (κ2) is 9.76. The van der Waals surface area contributed by atoms with Gasteiger partial charge in [0.1, 0.15) is 17.2 Å². The zero-order valence-electron chi connectivity index (χ0n) is 13.9. The second-order valence-electron chi connectivity index (χ2n) is 4.97. The minimum atomic E-state index is 0.337. The molecule has 0 aliphatic carbocycles. The van der Waals surface area contributed by atoms with Gasteiger partial charge in [-0.25, -0.2) is 0 Å². The van der Waals surface area contributed by atoms with Crippen molar-refractivity contribution in [3.8, 4) is 17.2 Å². The Labute approximate surface area is 132 Å². The summed E-state index contributed by atoms with van der Waals surface area (Å²) >= 11 is 0. The van der Waals surface area contributed by atoms with E-state index in [1.807, 2.05) is 12.1 Å². The quantitative estimate of drug-likeness (QED) is 0.415. The van der Waals surface area contributed by atoms with Gasteiger partial charge in [0.15, 0.2) is 5.96 Å². The lowest BCUT2D eigenvalue weighted by molar-refractivity contribution is 0.307. The van der Waals surface area contributed by atoms with Crippen LogP contribution in [0.5, 0.6) is 17.2 Å². The van der Waals surface area contributed by atoms with Gasteiger partial charge in [0.2, 0.25) is 0 Å². The molecule has 6 nitrogen and oxygen atoms in total. The molecule has 1 aromatic rings. The van der Waals surface area contributed by atoms with Gasteiger partial charge in [0.05, 0.1) is 20.8 Å². The first-order chi connectivity index (χ1) is 10.6. The van der Waals surface area contributed by atoms with Gasteiger partial charge >= 0.3 is 0 Å². The zero-order valence-corrected chi connectivity index (χ0v) is 13.9. The predicted molar refractivity (Wildman–Crippen MR) is 89.0 cm³/mol. The van der Waals surface area contributed by atoms with E-state index < -0.39 is 0 Å². The largest absolute Gasteiger partial charge is 0.496 e. The van der Waals surface area contributed by atoms with Crippen LogP contribution in [0.2, 0.25) is 0 Å². The lowest BCUT2D eigenvalue weighted by Gasteiger charge is -2.12. The summed E-state index contributed by atoms with van der Waals surface area (Å²) in [4.78, 5) is 4.26. The maximum atomic E-state index is 5.78. The van der Waals surface area contributed by atoms with Gasteiger partial charge in [-0.2, -0.15) is 0 Å². The maximum absolute atomic E-state index is 5.78. The van der Waals surface area contributed by atoms with Gasteiger partial charge in [-0.3, -0.25) is 4.99 Å². The first-order valence-corrected chi connectivity index (χ1v) is 7.51. The molecule has 0 spiro atoms. The summed E-state index contributed by atoms with van der Waals surface area (Å²) in [5.74, 6) is 2.60. The lowest BCUT2D eigenvalue weighted by Crippen LogP contribution is -2.38. The van der Waals surface area contributed by atoms with Crippen molar-refractivity contribution in [3.05, 3.63) is 18.2 Å². The molecule has 0 heterocycles. The van der Waals surface area contributed by atoms with Crippen LogP contribution in [0.15, 0.2) is 23.2 Å². The number of nitrogens with two attached hydrogens (primary N) is 1. The van der Waals surface area contributed by atoms with E-state index in [0.717, 1.165) is 12.8 Å². The summed E-state index contributed by atoms with van der Waals surface area (Å²) in [6.45, 7) is 5.34. The Bertz CT molecular complexity index is 455. The molecule has 0 saturated carbocycles. The van der Waals surface area contributed by atoms with Crippen LogP contribution < -0.4 is 25.3 Å². The van der Waals surface area contributed by atoms with E-state index in [1.54, 1.807) is 20.3 Å². The van der Waals surface area contributed by atoms with Gasteiger partial charge in [-0.05, 0) is 13.3 Å². The van der Waals surface area contributed by atoms with Crippen molar-refractivity contribution in [2.75, 3.05) is 27.4 Å². The molecule has 0 fully saturated rings. The highest BCUT2D eigenvalue weighted by molar-refractivity contribution is 5.78. The molecule has 0 radical (unpaired) electrons. The highest BCUT2D eigenvalue weighted by Gasteiger charge is 2.03. The van der Waals surface area contributed by atoms with Gasteiger partial charge < -0.3 is 25.3 Å². The van der Waals surface area contributed by atoms with Crippen LogP contribution in [-0.4, -0.2) is 39.4 Å². The standard InChI is InChI=1S/C16H27N3O3/c1-5-12(2)19-16(17)18-7-6-8-22-15-10-13(20-3)9-14(11-15)21-4/h9-12H,5-8H2,1-4H3,(H3,17,18,19). The normalized spacial score (nSPS) is 12.6. The smallest absolute Gasteiger partial charge is 0.188 e. The third-order valence-electron chi connectivity index (χ3n) is 3.18. The molecule has 0 amide bonds. The van der Waals surface area contributed by atoms with Crippen LogP contribution in [0.3, 0.4) is 0 Å². The minimum absolute atomic E-state index is 0.337. The van der Waals surface area contributed by atoms with Crippen LogP contribution in [0.25, 0.3) is 0 Å². The Balaban J connectivity index is 2.37. The van der Waals surface area contributed by atoms with Crippen molar-refractivity contribution in [1.82, 2.24) is 5.32 Å². The topological polar surface area (TPSA) is 78.1 Å². The van der Waals surface area contributed by atoms with Crippen LogP contribution in [0.4, 0.5) is 0 Å². The van der Waals surface area contributed by atoms with E-state index >= 15 is 0 Å². The van der Waals surface area contributed by atoms with Gasteiger partial charge in [0, 0.05) is 37.2 Å². The second-order valence-corrected chi connectivity index (χ2v) is 4.97. The highest BCUT2D eigenvalue weighted by atomic mass is 16.5. The number of hydrogen-bond acceptors (Lipinski definition) is 4. The number of ether oxygens (including phenoxy) is 3. The average molecular weight is 309 g/mol. The summed E-state index contributed by atoms with van der Waals surface area (Å²) in [5.41, 5.74) is 5.78. The molecule has 0 bridgehead atoms. The Kier molecular flexibility index (Phi) is 7.96. The van der Waals surface area contributed by atoms with Crippen molar-refractivity contribution in [1.29, 1.82) is 0 Å². The van der Waals surface area contributed by atoms with Crippen molar-refractivity contribution in [3.63, 3.8) is 0 Å². The first kappa shape index (κ1) is 17.9. The molecular weight excluding hydrogens is 282 g/mol. The number of benzene rings is 1. The van der Waals surface area contributed by atoms with E-state index in [0.29, 0.717) is 42.4 Å². The summed E-state index contributed by atoms with van der Waals surface area (Å²) in [6.07, 6.45) is 1.79.